The van der Waals surface area contributed by atoms with Crippen LogP contribution in [0.5, 0.6) is 11.5 Å². The molecule has 2 aromatic rings. The Bertz CT molecular complexity index is 736. The van der Waals surface area contributed by atoms with Gasteiger partial charge in [0.15, 0.2) is 11.5 Å². The number of benzene rings is 1. The summed E-state index contributed by atoms with van der Waals surface area (Å²) in [5, 5.41) is 13.5. The van der Waals surface area contributed by atoms with Crippen molar-refractivity contribution < 1.29 is 14.6 Å². The van der Waals surface area contributed by atoms with E-state index in [4.69, 9.17) is 9.47 Å². The van der Waals surface area contributed by atoms with Crippen molar-refractivity contribution in [3.8, 4) is 11.5 Å². The van der Waals surface area contributed by atoms with E-state index in [1.165, 1.54) is 0 Å². The number of β-amino-alcohol motifs (C(OH)–C–C–N with tert-alkyl or cyclic N) is 1. The van der Waals surface area contributed by atoms with E-state index in [0.717, 1.165) is 49.8 Å². The van der Waals surface area contributed by atoms with Crippen LogP contribution < -0.4 is 9.47 Å². The van der Waals surface area contributed by atoms with Gasteiger partial charge in [0.2, 0.25) is 0 Å². The second-order valence-electron chi connectivity index (χ2n) is 7.65. The average Bonchev–Trinajstić information content (AvgIpc) is 3.21. The third-order valence-electron chi connectivity index (χ3n) is 5.07. The molecule has 1 N–H and O–H groups in total. The number of nitrogens with zero attached hydrogens (tertiary/aromatic N) is 4. The summed E-state index contributed by atoms with van der Waals surface area (Å²) in [6.45, 7) is 6.52. The molecule has 0 amide bonds. The van der Waals surface area contributed by atoms with Gasteiger partial charge in [0.1, 0.15) is 17.7 Å². The van der Waals surface area contributed by atoms with Crippen LogP contribution in [0.15, 0.2) is 29.8 Å². The molecule has 1 atom stereocenters. The first-order valence-electron chi connectivity index (χ1n) is 9.99. The van der Waals surface area contributed by atoms with Crippen molar-refractivity contribution in [3.05, 3.63) is 40.3 Å². The smallest absolute Gasteiger partial charge is 0.161 e. The van der Waals surface area contributed by atoms with Gasteiger partial charge in [-0.2, -0.15) is 0 Å². The van der Waals surface area contributed by atoms with E-state index in [1.54, 1.807) is 18.4 Å². The molecule has 1 fully saturated rings. The number of ether oxygens (including phenoxy) is 2. The molecule has 0 unspecified atom stereocenters. The zero-order valence-electron chi connectivity index (χ0n) is 17.6. The summed E-state index contributed by atoms with van der Waals surface area (Å²) in [5.41, 5.74) is 1.13. The molecule has 8 heteroatoms. The van der Waals surface area contributed by atoms with Crippen molar-refractivity contribution >= 4 is 11.3 Å². The normalized spacial score (nSPS) is 16.9. The number of aromatic nitrogens is 1. The Labute approximate surface area is 177 Å². The van der Waals surface area contributed by atoms with E-state index in [9.17, 15) is 5.11 Å². The second kappa shape index (κ2) is 10.9. The largest absolute Gasteiger partial charge is 0.493 e. The highest BCUT2D eigenvalue weighted by molar-refractivity contribution is 7.09. The van der Waals surface area contributed by atoms with E-state index in [2.05, 4.69) is 33.8 Å². The minimum absolute atomic E-state index is 0.251. The molecule has 1 aromatic heterocycles. The molecular formula is C21H32N4O3S. The van der Waals surface area contributed by atoms with Crippen LogP contribution in [-0.4, -0.2) is 91.4 Å². The lowest BCUT2D eigenvalue weighted by Gasteiger charge is -2.33. The quantitative estimate of drug-likeness (QED) is 0.629. The minimum atomic E-state index is -0.528. The van der Waals surface area contributed by atoms with E-state index in [-0.39, 0.29) is 6.61 Å². The van der Waals surface area contributed by atoms with Gasteiger partial charge < -0.3 is 19.5 Å². The van der Waals surface area contributed by atoms with Gasteiger partial charge in [-0.15, -0.1) is 11.3 Å². The zero-order chi connectivity index (χ0) is 20.6. The number of rotatable bonds is 10. The van der Waals surface area contributed by atoms with Crippen molar-refractivity contribution in [2.24, 2.45) is 0 Å². The molecule has 3 rings (SSSR count). The van der Waals surface area contributed by atoms with Crippen molar-refractivity contribution in [1.82, 2.24) is 19.7 Å². The monoisotopic (exact) mass is 420 g/mol. The number of hydrogen-bond donors (Lipinski definition) is 1. The Hall–Kier alpha value is -1.71. The topological polar surface area (TPSA) is 61.3 Å². The number of methoxy groups -OCH3 is 1. The summed E-state index contributed by atoms with van der Waals surface area (Å²) in [6.07, 6.45) is 1.31. The summed E-state index contributed by atoms with van der Waals surface area (Å²) in [6, 6.07) is 5.97. The lowest BCUT2D eigenvalue weighted by atomic mass is 10.2. The van der Waals surface area contributed by atoms with Crippen LogP contribution in [0, 0.1) is 0 Å². The maximum atomic E-state index is 10.4. The van der Waals surface area contributed by atoms with Gasteiger partial charge in [-0.3, -0.25) is 9.80 Å². The fraction of sp³-hybridized carbons (Fsp3) is 0.571. The number of piperazine rings is 1. The maximum absolute atomic E-state index is 10.4. The van der Waals surface area contributed by atoms with Gasteiger partial charge in [0, 0.05) is 50.8 Å². The molecule has 0 radical (unpaired) electrons. The van der Waals surface area contributed by atoms with Crippen molar-refractivity contribution in [2.45, 2.75) is 19.2 Å². The lowest BCUT2D eigenvalue weighted by molar-refractivity contribution is 0.0497. The Morgan fingerprint density at radius 3 is 2.69 bits per heavy atom. The molecule has 1 aromatic carbocycles. The van der Waals surface area contributed by atoms with Gasteiger partial charge in [0.25, 0.3) is 0 Å². The first-order chi connectivity index (χ1) is 14.0. The molecule has 0 spiro atoms. The molecule has 2 heterocycles. The molecular weight excluding hydrogens is 388 g/mol. The molecule has 1 aliphatic rings. The molecule has 160 valence electrons. The maximum Gasteiger partial charge on any atom is 0.161 e. The number of aliphatic hydroxyl groups excluding tert-OH is 1. The van der Waals surface area contributed by atoms with Gasteiger partial charge in [0.05, 0.1) is 13.7 Å². The molecule has 29 heavy (non-hydrogen) atoms. The predicted octanol–water partition coefficient (Wildman–Crippen LogP) is 1.77. The van der Waals surface area contributed by atoms with Crippen LogP contribution in [0.4, 0.5) is 0 Å². The minimum Gasteiger partial charge on any atom is -0.493 e. The highest BCUT2D eigenvalue weighted by Gasteiger charge is 2.18. The predicted molar refractivity (Wildman–Crippen MR) is 116 cm³/mol. The Morgan fingerprint density at radius 1 is 1.21 bits per heavy atom. The molecule has 0 saturated carbocycles. The van der Waals surface area contributed by atoms with Gasteiger partial charge in [-0.25, -0.2) is 4.98 Å². The third kappa shape index (κ3) is 6.94. The number of aliphatic hydroxyl groups is 1. The summed E-state index contributed by atoms with van der Waals surface area (Å²) in [5.74, 6) is 1.35. The lowest BCUT2D eigenvalue weighted by Crippen LogP contribution is -2.47. The van der Waals surface area contributed by atoms with E-state index >= 15 is 0 Å². The summed E-state index contributed by atoms with van der Waals surface area (Å²) < 4.78 is 11.4. The molecule has 0 bridgehead atoms. The average molecular weight is 421 g/mol. The fourth-order valence-electron chi connectivity index (χ4n) is 3.43. The van der Waals surface area contributed by atoms with Crippen LogP contribution in [-0.2, 0) is 13.1 Å². The van der Waals surface area contributed by atoms with E-state index in [1.807, 2.05) is 29.8 Å². The van der Waals surface area contributed by atoms with Gasteiger partial charge in [-0.05, 0) is 31.8 Å². The van der Waals surface area contributed by atoms with Crippen LogP contribution in [0.2, 0.25) is 0 Å². The molecule has 7 nitrogen and oxygen atoms in total. The summed E-state index contributed by atoms with van der Waals surface area (Å²) in [7, 11) is 5.84. The highest BCUT2D eigenvalue weighted by Crippen LogP contribution is 2.29. The Morgan fingerprint density at radius 2 is 2.00 bits per heavy atom. The zero-order valence-corrected chi connectivity index (χ0v) is 18.4. The molecule has 1 aliphatic heterocycles. The standard InChI is InChI=1S/C21H32N4O3S/c1-23-7-9-25(10-8-23)14-18(26)16-28-20-12-17(4-5-19(20)27-3)13-24(2)15-21-22-6-11-29-21/h4-6,11-12,18,26H,7-10,13-16H2,1-3H3/t18-/m1/s1. The number of hydrogen-bond acceptors (Lipinski definition) is 8. The van der Waals surface area contributed by atoms with Crippen LogP contribution in [0.3, 0.4) is 0 Å². The Kier molecular flexibility index (Phi) is 8.26. The van der Waals surface area contributed by atoms with Gasteiger partial charge in [-0.1, -0.05) is 6.07 Å². The SMILES string of the molecule is COc1ccc(CN(C)Cc2nccs2)cc1OC[C@H](O)CN1CCN(C)CC1. The first kappa shape index (κ1) is 22.0. The number of thiazole rings is 1. The Balaban J connectivity index is 1.52. The summed E-state index contributed by atoms with van der Waals surface area (Å²) in [4.78, 5) is 11.2. The van der Waals surface area contributed by atoms with Crippen LogP contribution in [0.25, 0.3) is 0 Å². The fourth-order valence-corrected chi connectivity index (χ4v) is 4.12. The summed E-state index contributed by atoms with van der Waals surface area (Å²) >= 11 is 1.66. The molecule has 1 saturated heterocycles. The van der Waals surface area contributed by atoms with E-state index in [0.29, 0.717) is 18.0 Å². The van der Waals surface area contributed by atoms with Crippen LogP contribution >= 0.6 is 11.3 Å². The van der Waals surface area contributed by atoms with E-state index < -0.39 is 6.10 Å². The van der Waals surface area contributed by atoms with Crippen LogP contribution in [0.1, 0.15) is 10.6 Å². The van der Waals surface area contributed by atoms with Crippen molar-refractivity contribution in [1.29, 1.82) is 0 Å². The van der Waals surface area contributed by atoms with Gasteiger partial charge >= 0.3 is 0 Å². The number of likely N-dealkylation sites (N-methyl/N-ethyl adjacent to an activating group) is 1. The van der Waals surface area contributed by atoms with Crippen molar-refractivity contribution in [3.63, 3.8) is 0 Å². The third-order valence-corrected chi connectivity index (χ3v) is 5.83. The highest BCUT2D eigenvalue weighted by atomic mass is 32.1. The second-order valence-corrected chi connectivity index (χ2v) is 8.63. The first-order valence-corrected chi connectivity index (χ1v) is 10.9. The van der Waals surface area contributed by atoms with Crippen molar-refractivity contribution in [2.75, 3.05) is 60.5 Å². The molecule has 0 aliphatic carbocycles.